The molecule has 0 spiro atoms. The highest BCUT2D eigenvalue weighted by Crippen LogP contribution is 2.12. The van der Waals surface area contributed by atoms with Crippen molar-refractivity contribution in [3.05, 3.63) is 12.7 Å². The summed E-state index contributed by atoms with van der Waals surface area (Å²) in [6.07, 6.45) is 16.4. The topological polar surface area (TPSA) is 74.6 Å². The van der Waals surface area contributed by atoms with Gasteiger partial charge in [-0.2, -0.15) is 0 Å². The number of hydrogen-bond donors (Lipinski definition) is 2. The van der Waals surface area contributed by atoms with Crippen LogP contribution in [0.5, 0.6) is 0 Å². The second-order valence-corrected chi connectivity index (χ2v) is 6.33. The van der Waals surface area contributed by atoms with E-state index in [1.807, 2.05) is 13.0 Å². The lowest BCUT2D eigenvalue weighted by atomic mass is 9.99. The van der Waals surface area contributed by atoms with Gasteiger partial charge in [-0.3, -0.25) is 9.59 Å². The van der Waals surface area contributed by atoms with Crippen molar-refractivity contribution in [2.24, 2.45) is 5.92 Å². The molecule has 0 aromatic heterocycles. The Morgan fingerprint density at radius 2 is 1.38 bits per heavy atom. The van der Waals surface area contributed by atoms with Crippen LogP contribution in [0.15, 0.2) is 12.7 Å². The zero-order chi connectivity index (χ0) is 18.6. The maximum Gasteiger partial charge on any atom is 0.307 e. The molecule has 4 heteroatoms. The van der Waals surface area contributed by atoms with Gasteiger partial charge in [-0.1, -0.05) is 77.7 Å². The van der Waals surface area contributed by atoms with Crippen LogP contribution in [0.3, 0.4) is 0 Å². The van der Waals surface area contributed by atoms with Crippen LogP contribution < -0.4 is 0 Å². The van der Waals surface area contributed by atoms with E-state index in [2.05, 4.69) is 13.5 Å². The Morgan fingerprint density at radius 1 is 0.875 bits per heavy atom. The van der Waals surface area contributed by atoms with Crippen LogP contribution >= 0.6 is 0 Å². The highest BCUT2D eigenvalue weighted by atomic mass is 16.4. The van der Waals surface area contributed by atoms with Gasteiger partial charge in [0.2, 0.25) is 0 Å². The molecule has 2 N–H and O–H groups in total. The third-order valence-corrected chi connectivity index (χ3v) is 3.94. The average molecular weight is 343 g/mol. The first-order chi connectivity index (χ1) is 11.5. The lowest BCUT2D eigenvalue weighted by molar-refractivity contribution is -0.148. The number of hydrogen-bond acceptors (Lipinski definition) is 2. The van der Waals surface area contributed by atoms with Gasteiger partial charge in [0.25, 0.3) is 0 Å². The monoisotopic (exact) mass is 342 g/mol. The van der Waals surface area contributed by atoms with Crippen LogP contribution in [0.4, 0.5) is 0 Å². The Balaban J connectivity index is 0. The van der Waals surface area contributed by atoms with E-state index in [0.29, 0.717) is 6.42 Å². The minimum absolute atomic E-state index is 0.269. The summed E-state index contributed by atoms with van der Waals surface area (Å²) in [5, 5.41) is 17.0. The first-order valence-electron chi connectivity index (χ1n) is 9.54. The Kier molecular flexibility index (Phi) is 20.5. The Labute approximate surface area is 148 Å². The number of carbonyl (C=O) groups is 2. The standard InChI is InChI=1S/C12H24.C8H14O4/c1-3-5-7-9-11-12-10-8-6-4-2;1-2-3-4-6(8(11)12)5-7(9)10/h3H,1,4-12H2,2H3;6H,2-5H2,1H3,(H,9,10)(H,11,12). The zero-order valence-electron chi connectivity index (χ0n) is 15.8. The predicted octanol–water partition coefficient (Wildman–Crippen LogP) is 6.06. The summed E-state index contributed by atoms with van der Waals surface area (Å²) in [5.74, 6) is -2.77. The summed E-state index contributed by atoms with van der Waals surface area (Å²) >= 11 is 0. The minimum Gasteiger partial charge on any atom is -0.481 e. The number of rotatable bonds is 15. The van der Waals surface area contributed by atoms with E-state index in [0.717, 1.165) is 12.8 Å². The van der Waals surface area contributed by atoms with Crippen LogP contribution in [0.25, 0.3) is 0 Å². The first kappa shape index (κ1) is 24.9. The molecule has 0 aliphatic carbocycles. The molecule has 0 fully saturated rings. The van der Waals surface area contributed by atoms with Crippen LogP contribution in [-0.2, 0) is 9.59 Å². The fourth-order valence-electron chi connectivity index (χ4n) is 2.40. The van der Waals surface area contributed by atoms with Crippen molar-refractivity contribution >= 4 is 11.9 Å². The average Bonchev–Trinajstić information content (AvgIpc) is 2.54. The van der Waals surface area contributed by atoms with E-state index in [-0.39, 0.29) is 6.42 Å². The molecule has 24 heavy (non-hydrogen) atoms. The normalized spacial score (nSPS) is 11.2. The molecule has 0 saturated heterocycles. The van der Waals surface area contributed by atoms with Gasteiger partial charge in [0, 0.05) is 0 Å². The fraction of sp³-hybridized carbons (Fsp3) is 0.800. The molecule has 0 heterocycles. The van der Waals surface area contributed by atoms with Crippen molar-refractivity contribution in [3.63, 3.8) is 0 Å². The van der Waals surface area contributed by atoms with Gasteiger partial charge < -0.3 is 10.2 Å². The molecule has 0 aromatic carbocycles. The second kappa shape index (κ2) is 19.7. The summed E-state index contributed by atoms with van der Waals surface area (Å²) in [7, 11) is 0. The largest absolute Gasteiger partial charge is 0.481 e. The molecular weight excluding hydrogens is 304 g/mol. The smallest absolute Gasteiger partial charge is 0.307 e. The van der Waals surface area contributed by atoms with E-state index < -0.39 is 17.9 Å². The number of allylic oxidation sites excluding steroid dienone is 1. The quantitative estimate of drug-likeness (QED) is 0.280. The summed E-state index contributed by atoms with van der Waals surface area (Å²) in [6, 6.07) is 0. The third-order valence-electron chi connectivity index (χ3n) is 3.94. The third kappa shape index (κ3) is 20.7. The second-order valence-electron chi connectivity index (χ2n) is 6.33. The summed E-state index contributed by atoms with van der Waals surface area (Å²) < 4.78 is 0. The van der Waals surface area contributed by atoms with Crippen molar-refractivity contribution < 1.29 is 19.8 Å². The molecule has 0 saturated carbocycles. The van der Waals surface area contributed by atoms with Crippen molar-refractivity contribution in [3.8, 4) is 0 Å². The van der Waals surface area contributed by atoms with Gasteiger partial charge in [0.1, 0.15) is 0 Å². The van der Waals surface area contributed by atoms with E-state index in [4.69, 9.17) is 10.2 Å². The molecular formula is C20H38O4. The predicted molar refractivity (Wildman–Crippen MR) is 100 cm³/mol. The molecule has 0 aliphatic heterocycles. The van der Waals surface area contributed by atoms with Crippen LogP contribution in [0.2, 0.25) is 0 Å². The Bertz CT molecular complexity index is 313. The van der Waals surface area contributed by atoms with Gasteiger partial charge in [-0.15, -0.1) is 6.58 Å². The molecule has 0 aromatic rings. The zero-order valence-corrected chi connectivity index (χ0v) is 15.8. The molecule has 0 radical (unpaired) electrons. The van der Waals surface area contributed by atoms with Crippen LogP contribution in [-0.4, -0.2) is 22.2 Å². The van der Waals surface area contributed by atoms with Gasteiger partial charge in [0.05, 0.1) is 12.3 Å². The number of unbranched alkanes of at least 4 members (excludes halogenated alkanes) is 9. The molecule has 0 aliphatic rings. The lowest BCUT2D eigenvalue weighted by Gasteiger charge is -2.07. The minimum atomic E-state index is -1.04. The van der Waals surface area contributed by atoms with Gasteiger partial charge >= 0.3 is 11.9 Å². The number of carboxylic acid groups (broad SMARTS) is 2. The summed E-state index contributed by atoms with van der Waals surface area (Å²) in [5.41, 5.74) is 0. The van der Waals surface area contributed by atoms with E-state index in [9.17, 15) is 9.59 Å². The van der Waals surface area contributed by atoms with Crippen molar-refractivity contribution in [1.82, 2.24) is 0 Å². The van der Waals surface area contributed by atoms with E-state index in [1.54, 1.807) is 0 Å². The highest BCUT2D eigenvalue weighted by Gasteiger charge is 2.19. The number of carboxylic acids is 2. The molecule has 1 atom stereocenters. The van der Waals surface area contributed by atoms with E-state index in [1.165, 1.54) is 57.8 Å². The molecule has 142 valence electrons. The molecule has 4 nitrogen and oxygen atoms in total. The van der Waals surface area contributed by atoms with Gasteiger partial charge in [-0.05, 0) is 19.3 Å². The molecule has 0 amide bonds. The van der Waals surface area contributed by atoms with Gasteiger partial charge in [-0.25, -0.2) is 0 Å². The van der Waals surface area contributed by atoms with Crippen LogP contribution in [0, 0.1) is 5.92 Å². The fourth-order valence-corrected chi connectivity index (χ4v) is 2.40. The lowest BCUT2D eigenvalue weighted by Crippen LogP contribution is -2.17. The Morgan fingerprint density at radius 3 is 1.79 bits per heavy atom. The molecule has 0 rings (SSSR count). The van der Waals surface area contributed by atoms with Crippen molar-refractivity contribution in [2.45, 2.75) is 97.3 Å². The van der Waals surface area contributed by atoms with Crippen LogP contribution in [0.1, 0.15) is 97.3 Å². The maximum absolute atomic E-state index is 10.5. The van der Waals surface area contributed by atoms with Crippen molar-refractivity contribution in [1.29, 1.82) is 0 Å². The SMILES string of the molecule is C=CCCCCCCCCCC.CCCCC(CC(=O)O)C(=O)O. The van der Waals surface area contributed by atoms with Gasteiger partial charge in [0.15, 0.2) is 0 Å². The summed E-state index contributed by atoms with van der Waals surface area (Å²) in [6.45, 7) is 7.93. The highest BCUT2D eigenvalue weighted by molar-refractivity contribution is 5.77. The number of aliphatic carboxylic acids is 2. The molecule has 1 unspecified atom stereocenters. The van der Waals surface area contributed by atoms with Crippen molar-refractivity contribution in [2.75, 3.05) is 0 Å². The maximum atomic E-state index is 10.5. The van der Waals surface area contributed by atoms with E-state index >= 15 is 0 Å². The summed E-state index contributed by atoms with van der Waals surface area (Å²) in [4.78, 5) is 20.7. The molecule has 0 bridgehead atoms. The Hall–Kier alpha value is -1.32. The first-order valence-corrected chi connectivity index (χ1v) is 9.54.